The van der Waals surface area contributed by atoms with Crippen molar-refractivity contribution in [3.05, 3.63) is 85.1 Å². The molecule has 0 amide bonds. The number of aliphatic hydroxyl groups excluding tert-OH is 1. The molecule has 0 radical (unpaired) electrons. The van der Waals surface area contributed by atoms with Crippen molar-refractivity contribution >= 4 is 15.8 Å². The lowest BCUT2D eigenvalue weighted by Crippen LogP contribution is -2.18. The first-order valence-corrected chi connectivity index (χ1v) is 13.3. The summed E-state index contributed by atoms with van der Waals surface area (Å²) < 4.78 is 46.2. The highest BCUT2D eigenvalue weighted by molar-refractivity contribution is 7.92. The zero-order chi connectivity index (χ0) is 28.6. The normalized spacial score (nSPS) is 12.0. The highest BCUT2D eigenvalue weighted by atomic mass is 32.2. The van der Waals surface area contributed by atoms with E-state index in [0.717, 1.165) is 5.56 Å². The third kappa shape index (κ3) is 7.39. The molecule has 1 aromatic carbocycles. The predicted octanol–water partition coefficient (Wildman–Crippen LogP) is 4.01. The second kappa shape index (κ2) is 12.5. The Morgan fingerprint density at radius 1 is 1.10 bits per heavy atom. The molecule has 2 N–H and O–H groups in total. The van der Waals surface area contributed by atoms with E-state index in [9.17, 15) is 13.5 Å². The minimum Gasteiger partial charge on any atom is -0.493 e. The van der Waals surface area contributed by atoms with Crippen molar-refractivity contribution in [3.8, 4) is 23.3 Å². The number of sulfonamides is 1. The van der Waals surface area contributed by atoms with E-state index in [2.05, 4.69) is 37.8 Å². The van der Waals surface area contributed by atoms with Crippen molar-refractivity contribution in [3.63, 3.8) is 0 Å². The van der Waals surface area contributed by atoms with Gasteiger partial charge in [0.25, 0.3) is 15.9 Å². The zero-order valence-corrected chi connectivity index (χ0v) is 23.0. The van der Waals surface area contributed by atoms with Gasteiger partial charge in [-0.25, -0.2) is 23.4 Å². The van der Waals surface area contributed by atoms with Gasteiger partial charge in [0.2, 0.25) is 11.6 Å². The van der Waals surface area contributed by atoms with Gasteiger partial charge in [-0.1, -0.05) is 52.1 Å². The van der Waals surface area contributed by atoms with Gasteiger partial charge in [-0.2, -0.15) is 4.98 Å². The third-order valence-corrected chi connectivity index (χ3v) is 6.55. The van der Waals surface area contributed by atoms with Crippen LogP contribution in [0.5, 0.6) is 11.6 Å². The first-order chi connectivity index (χ1) is 18.5. The molecule has 0 aliphatic rings. The topological polar surface area (TPSA) is 146 Å². The van der Waals surface area contributed by atoms with Gasteiger partial charge in [-0.15, -0.1) is 0 Å². The van der Waals surface area contributed by atoms with Crippen LogP contribution in [0.15, 0.2) is 84.4 Å². The molecule has 12 heteroatoms. The number of hydrogen-bond donors (Lipinski definition) is 2. The van der Waals surface area contributed by atoms with E-state index in [0.29, 0.717) is 0 Å². The molecule has 0 saturated carbocycles. The average molecular weight is 554 g/mol. The molecule has 11 nitrogen and oxygen atoms in total. The minimum atomic E-state index is -4.17. The van der Waals surface area contributed by atoms with Crippen LogP contribution in [-0.4, -0.2) is 53.8 Å². The summed E-state index contributed by atoms with van der Waals surface area (Å²) in [6, 6.07) is 8.12. The van der Waals surface area contributed by atoms with Gasteiger partial charge in [0.05, 0.1) is 18.6 Å². The summed E-state index contributed by atoms with van der Waals surface area (Å²) in [6.45, 7) is 13.0. The number of aliphatic hydroxyl groups is 1. The molecule has 0 aliphatic heterocycles. The largest absolute Gasteiger partial charge is 0.493 e. The van der Waals surface area contributed by atoms with E-state index in [1.165, 1.54) is 43.8 Å². The van der Waals surface area contributed by atoms with Crippen LogP contribution in [-0.2, 0) is 20.2 Å². The van der Waals surface area contributed by atoms with E-state index in [1.807, 2.05) is 20.8 Å². The van der Waals surface area contributed by atoms with Crippen molar-refractivity contribution in [1.82, 2.24) is 19.9 Å². The van der Waals surface area contributed by atoms with Gasteiger partial charge in [0.1, 0.15) is 6.61 Å². The number of nitrogens with zero attached hydrogens (tertiary/aromatic N) is 4. The van der Waals surface area contributed by atoms with Crippen LogP contribution in [0, 0.1) is 0 Å². The second-order valence-corrected chi connectivity index (χ2v) is 10.7. The Kier molecular flexibility index (Phi) is 9.38. The Balaban J connectivity index is 2.19. The SMILES string of the molecule is C=C/C=C(/Oc1c(NS(=O)(=O)c2ccc(C(C)(C)C)cc2)nc(-c2ncccn2)nc1OCCO)C(=C)OC. The molecule has 0 fully saturated rings. The van der Waals surface area contributed by atoms with Crippen LogP contribution in [0.1, 0.15) is 26.3 Å². The number of methoxy groups -OCH3 is 1. The van der Waals surface area contributed by atoms with Gasteiger partial charge < -0.3 is 19.3 Å². The maximum atomic E-state index is 13.5. The Morgan fingerprint density at radius 2 is 1.77 bits per heavy atom. The van der Waals surface area contributed by atoms with Crippen LogP contribution in [0.3, 0.4) is 0 Å². The minimum absolute atomic E-state index is 0.00133. The van der Waals surface area contributed by atoms with Crippen LogP contribution < -0.4 is 14.2 Å². The van der Waals surface area contributed by atoms with Gasteiger partial charge in [0, 0.05) is 12.4 Å². The maximum Gasteiger partial charge on any atom is 0.263 e. The van der Waals surface area contributed by atoms with E-state index >= 15 is 0 Å². The van der Waals surface area contributed by atoms with Gasteiger partial charge in [0.15, 0.2) is 23.2 Å². The van der Waals surface area contributed by atoms with E-state index in [1.54, 1.807) is 18.2 Å². The molecule has 0 aliphatic carbocycles. The number of hydrogen-bond acceptors (Lipinski definition) is 10. The molecule has 0 saturated heterocycles. The van der Waals surface area contributed by atoms with Gasteiger partial charge in [-0.3, -0.25) is 4.72 Å². The number of rotatable bonds is 12. The fourth-order valence-electron chi connectivity index (χ4n) is 3.17. The zero-order valence-electron chi connectivity index (χ0n) is 22.2. The van der Waals surface area contributed by atoms with E-state index < -0.39 is 10.0 Å². The Labute approximate surface area is 228 Å². The number of aromatic nitrogens is 4. The molecule has 0 spiro atoms. The molecular formula is C27H31N5O6S. The summed E-state index contributed by atoms with van der Waals surface area (Å²) in [4.78, 5) is 17.0. The average Bonchev–Trinajstić information content (AvgIpc) is 2.92. The van der Waals surface area contributed by atoms with Crippen LogP contribution in [0.2, 0.25) is 0 Å². The maximum absolute atomic E-state index is 13.5. The van der Waals surface area contributed by atoms with Crippen LogP contribution in [0.25, 0.3) is 11.6 Å². The molecule has 0 atom stereocenters. The quantitative estimate of drug-likeness (QED) is 0.249. The van der Waals surface area contributed by atoms with Crippen molar-refractivity contribution < 1.29 is 27.7 Å². The third-order valence-electron chi connectivity index (χ3n) is 5.19. The molecule has 0 unspecified atom stereocenters. The summed E-state index contributed by atoms with van der Waals surface area (Å²) in [5.41, 5.74) is 0.804. The monoisotopic (exact) mass is 553 g/mol. The fraction of sp³-hybridized carbons (Fsp3) is 0.259. The summed E-state index contributed by atoms with van der Waals surface area (Å²) in [5, 5.41) is 9.38. The fourth-order valence-corrected chi connectivity index (χ4v) is 4.17. The van der Waals surface area contributed by atoms with E-state index in [4.69, 9.17) is 14.2 Å². The number of nitrogens with one attached hydrogen (secondary N) is 1. The molecule has 39 heavy (non-hydrogen) atoms. The summed E-state index contributed by atoms with van der Waals surface area (Å²) in [6.07, 6.45) is 5.86. The number of benzene rings is 1. The number of anilines is 1. The second-order valence-electron chi connectivity index (χ2n) is 9.05. The summed E-state index contributed by atoms with van der Waals surface area (Å²) >= 11 is 0. The smallest absolute Gasteiger partial charge is 0.263 e. The molecule has 2 aromatic heterocycles. The molecule has 206 valence electrons. The number of ether oxygens (including phenoxy) is 3. The molecule has 2 heterocycles. The van der Waals surface area contributed by atoms with Crippen LogP contribution >= 0.6 is 0 Å². The first kappa shape index (κ1) is 29.3. The van der Waals surface area contributed by atoms with Crippen LogP contribution in [0.4, 0.5) is 5.82 Å². The molecule has 0 bridgehead atoms. The van der Waals surface area contributed by atoms with Crippen molar-refractivity contribution in [2.75, 3.05) is 25.0 Å². The Hall–Kier alpha value is -4.29. The van der Waals surface area contributed by atoms with Gasteiger partial charge in [-0.05, 0) is 35.3 Å². The summed E-state index contributed by atoms with van der Waals surface area (Å²) in [5.74, 6) is -0.383. The lowest BCUT2D eigenvalue weighted by Gasteiger charge is -2.20. The number of allylic oxidation sites excluding steroid dienone is 2. The highest BCUT2D eigenvalue weighted by Gasteiger charge is 2.26. The lowest BCUT2D eigenvalue weighted by molar-refractivity contribution is 0.190. The van der Waals surface area contributed by atoms with Crippen molar-refractivity contribution in [1.29, 1.82) is 0 Å². The Morgan fingerprint density at radius 3 is 2.33 bits per heavy atom. The predicted molar refractivity (Wildman–Crippen MR) is 147 cm³/mol. The highest BCUT2D eigenvalue weighted by Crippen LogP contribution is 2.38. The Bertz CT molecular complexity index is 1450. The molecule has 3 rings (SSSR count). The molecule has 3 aromatic rings. The van der Waals surface area contributed by atoms with Crippen molar-refractivity contribution in [2.24, 2.45) is 0 Å². The standard InChI is InChI=1S/C27H31N5O6S/c1-7-9-21(18(2)36-6)38-22-23(32-39(34,35)20-12-10-19(11-13-20)27(3,4)5)30-25(24-28-14-8-15-29-24)31-26(22)37-17-16-33/h7-15,33H,1-2,16-17H2,3-6H3,(H,30,31,32)/b21-9+. The van der Waals surface area contributed by atoms with Gasteiger partial charge >= 0.3 is 0 Å². The lowest BCUT2D eigenvalue weighted by atomic mass is 9.87. The first-order valence-electron chi connectivity index (χ1n) is 11.8. The van der Waals surface area contributed by atoms with E-state index in [-0.39, 0.29) is 64.1 Å². The summed E-state index contributed by atoms with van der Waals surface area (Å²) in [7, 11) is -2.78. The van der Waals surface area contributed by atoms with Crippen molar-refractivity contribution in [2.45, 2.75) is 31.1 Å². The molecular weight excluding hydrogens is 522 g/mol.